The predicted octanol–water partition coefficient (Wildman–Crippen LogP) is 2.34. The molecule has 0 bridgehead atoms. The molecule has 3 rings (SSSR count). The first kappa shape index (κ1) is 14.6. The Morgan fingerprint density at radius 1 is 1.57 bits per heavy atom. The van der Waals surface area contributed by atoms with Crippen LogP contribution in [0.2, 0.25) is 0 Å². The van der Waals surface area contributed by atoms with Crippen LogP contribution in [0.5, 0.6) is 5.88 Å². The van der Waals surface area contributed by atoms with Gasteiger partial charge in [0, 0.05) is 37.4 Å². The zero-order valence-corrected chi connectivity index (χ0v) is 13.0. The molecule has 4 nitrogen and oxygen atoms in total. The van der Waals surface area contributed by atoms with Gasteiger partial charge in [-0.05, 0) is 12.1 Å². The van der Waals surface area contributed by atoms with Crippen molar-refractivity contribution in [3.8, 4) is 5.88 Å². The maximum absolute atomic E-state index is 13.5. The Morgan fingerprint density at radius 2 is 2.33 bits per heavy atom. The first-order valence-electron chi connectivity index (χ1n) is 7.19. The van der Waals surface area contributed by atoms with E-state index in [0.717, 1.165) is 25.3 Å². The van der Waals surface area contributed by atoms with Crippen molar-refractivity contribution >= 4 is 17.7 Å². The van der Waals surface area contributed by atoms with Gasteiger partial charge < -0.3 is 9.64 Å². The lowest BCUT2D eigenvalue weighted by molar-refractivity contribution is -0.139. The highest BCUT2D eigenvalue weighted by Gasteiger charge is 2.51. The third-order valence-corrected chi connectivity index (χ3v) is 5.52. The van der Waals surface area contributed by atoms with Gasteiger partial charge in [-0.1, -0.05) is 13.8 Å². The molecular weight excluding hydrogens is 291 g/mol. The highest BCUT2D eigenvalue weighted by Crippen LogP contribution is 2.46. The van der Waals surface area contributed by atoms with E-state index in [4.69, 9.17) is 4.74 Å². The van der Waals surface area contributed by atoms with E-state index in [2.05, 4.69) is 4.98 Å². The average molecular weight is 310 g/mol. The summed E-state index contributed by atoms with van der Waals surface area (Å²) in [5.74, 6) is 0.729. The summed E-state index contributed by atoms with van der Waals surface area (Å²) in [6.45, 7) is 5.40. The molecule has 6 heteroatoms. The molecule has 1 aromatic rings. The normalized spacial score (nSPS) is 23.4. The fraction of sp³-hybridized carbons (Fsp3) is 0.600. The molecule has 2 aliphatic heterocycles. The summed E-state index contributed by atoms with van der Waals surface area (Å²) in [7, 11) is 0. The van der Waals surface area contributed by atoms with Crippen LogP contribution in [-0.4, -0.2) is 45.5 Å². The number of carbonyl (C=O) groups excluding carboxylic acids is 1. The predicted molar refractivity (Wildman–Crippen MR) is 79.8 cm³/mol. The standard InChI is InChI=1S/C15H19FN2O2S/c1-10(2)14(19)18-8-15(9-18)6-11(7-21-15)20-13-12(16)4-3-5-17-13/h3-5,10-11H,6-9H2,1-2H3/t11-/m0/s1. The number of hydrogen-bond donors (Lipinski definition) is 0. The van der Waals surface area contributed by atoms with Gasteiger partial charge in [-0.2, -0.15) is 0 Å². The largest absolute Gasteiger partial charge is 0.471 e. The van der Waals surface area contributed by atoms with E-state index in [1.807, 2.05) is 30.5 Å². The fourth-order valence-corrected chi connectivity index (χ4v) is 4.41. The number of rotatable bonds is 3. The smallest absolute Gasteiger partial charge is 0.250 e. The van der Waals surface area contributed by atoms with Gasteiger partial charge in [-0.3, -0.25) is 4.79 Å². The quantitative estimate of drug-likeness (QED) is 0.859. The summed E-state index contributed by atoms with van der Waals surface area (Å²) < 4.78 is 19.3. The van der Waals surface area contributed by atoms with Crippen LogP contribution in [0.4, 0.5) is 4.39 Å². The van der Waals surface area contributed by atoms with Crippen LogP contribution >= 0.6 is 11.8 Å². The van der Waals surface area contributed by atoms with Gasteiger partial charge >= 0.3 is 0 Å². The van der Waals surface area contributed by atoms with E-state index in [1.165, 1.54) is 12.3 Å². The molecule has 1 amide bonds. The van der Waals surface area contributed by atoms with Crippen molar-refractivity contribution in [2.45, 2.75) is 31.1 Å². The van der Waals surface area contributed by atoms with Crippen LogP contribution in [-0.2, 0) is 4.79 Å². The Labute approximate surface area is 128 Å². The van der Waals surface area contributed by atoms with E-state index >= 15 is 0 Å². The number of ether oxygens (including phenoxy) is 1. The number of pyridine rings is 1. The topological polar surface area (TPSA) is 42.4 Å². The molecule has 0 aromatic carbocycles. The molecule has 0 saturated carbocycles. The molecule has 0 unspecified atom stereocenters. The maximum atomic E-state index is 13.5. The lowest BCUT2D eigenvalue weighted by Crippen LogP contribution is -2.61. The molecule has 21 heavy (non-hydrogen) atoms. The third kappa shape index (κ3) is 2.86. The molecule has 0 N–H and O–H groups in total. The summed E-state index contributed by atoms with van der Waals surface area (Å²) in [4.78, 5) is 17.7. The highest BCUT2D eigenvalue weighted by molar-refractivity contribution is 8.01. The molecule has 0 aliphatic carbocycles. The highest BCUT2D eigenvalue weighted by atomic mass is 32.2. The molecule has 114 valence electrons. The summed E-state index contributed by atoms with van der Waals surface area (Å²) in [6.07, 6.45) is 2.34. The van der Waals surface area contributed by atoms with E-state index in [1.54, 1.807) is 6.07 Å². The second kappa shape index (κ2) is 5.48. The first-order valence-corrected chi connectivity index (χ1v) is 8.18. The third-order valence-electron chi connectivity index (χ3n) is 3.94. The molecule has 1 aromatic heterocycles. The minimum absolute atomic E-state index is 0.0318. The molecule has 2 fully saturated rings. The Morgan fingerprint density at radius 3 is 3.00 bits per heavy atom. The van der Waals surface area contributed by atoms with Crippen LogP contribution < -0.4 is 4.74 Å². The number of amides is 1. The van der Waals surface area contributed by atoms with Crippen molar-refractivity contribution in [2.24, 2.45) is 5.92 Å². The van der Waals surface area contributed by atoms with Gasteiger partial charge in [0.2, 0.25) is 5.91 Å². The number of hydrogen-bond acceptors (Lipinski definition) is 4. The zero-order valence-electron chi connectivity index (χ0n) is 12.2. The van der Waals surface area contributed by atoms with Crippen molar-refractivity contribution in [3.05, 3.63) is 24.1 Å². The number of likely N-dealkylation sites (tertiary alicyclic amines) is 1. The van der Waals surface area contributed by atoms with Gasteiger partial charge in [0.25, 0.3) is 5.88 Å². The van der Waals surface area contributed by atoms with Gasteiger partial charge in [0.15, 0.2) is 5.82 Å². The Kier molecular flexibility index (Phi) is 3.82. The van der Waals surface area contributed by atoms with Crippen molar-refractivity contribution < 1.29 is 13.9 Å². The van der Waals surface area contributed by atoms with Gasteiger partial charge in [0.05, 0.1) is 4.75 Å². The van der Waals surface area contributed by atoms with Crippen LogP contribution in [0.3, 0.4) is 0 Å². The maximum Gasteiger partial charge on any atom is 0.250 e. The summed E-state index contributed by atoms with van der Waals surface area (Å²) in [6, 6.07) is 2.90. The lowest BCUT2D eigenvalue weighted by Gasteiger charge is -2.48. The van der Waals surface area contributed by atoms with Gasteiger partial charge in [-0.15, -0.1) is 11.8 Å². The molecule has 2 aliphatic rings. The number of halogens is 1. The number of nitrogens with zero attached hydrogens (tertiary/aromatic N) is 2. The van der Waals surface area contributed by atoms with Crippen molar-refractivity contribution in [3.63, 3.8) is 0 Å². The Bertz CT molecular complexity index is 546. The molecule has 1 atom stereocenters. The molecule has 1 spiro atoms. The zero-order chi connectivity index (χ0) is 15.0. The van der Waals surface area contributed by atoms with Crippen LogP contribution in [0.1, 0.15) is 20.3 Å². The molecular formula is C15H19FN2O2S. The van der Waals surface area contributed by atoms with Crippen LogP contribution in [0, 0.1) is 11.7 Å². The summed E-state index contributed by atoms with van der Waals surface area (Å²) in [5, 5.41) is 0. The van der Waals surface area contributed by atoms with Crippen LogP contribution in [0.25, 0.3) is 0 Å². The number of thioether (sulfide) groups is 1. The monoisotopic (exact) mass is 310 g/mol. The number of carbonyl (C=O) groups is 1. The second-order valence-electron chi connectivity index (χ2n) is 6.08. The Balaban J connectivity index is 1.56. The molecule has 2 saturated heterocycles. The number of aromatic nitrogens is 1. The van der Waals surface area contributed by atoms with Crippen molar-refractivity contribution in [2.75, 3.05) is 18.8 Å². The van der Waals surface area contributed by atoms with Gasteiger partial charge in [-0.25, -0.2) is 9.37 Å². The van der Waals surface area contributed by atoms with Crippen molar-refractivity contribution in [1.29, 1.82) is 0 Å². The fourth-order valence-electron chi connectivity index (χ4n) is 2.88. The van der Waals surface area contributed by atoms with Crippen molar-refractivity contribution in [1.82, 2.24) is 9.88 Å². The molecule has 3 heterocycles. The first-order chi connectivity index (χ1) is 9.99. The summed E-state index contributed by atoms with van der Waals surface area (Å²) >= 11 is 1.83. The average Bonchev–Trinajstić information content (AvgIpc) is 2.83. The molecule has 0 radical (unpaired) electrons. The van der Waals surface area contributed by atoms with Gasteiger partial charge in [0.1, 0.15) is 6.10 Å². The minimum Gasteiger partial charge on any atom is -0.471 e. The van der Waals surface area contributed by atoms with E-state index < -0.39 is 5.82 Å². The SMILES string of the molecule is CC(C)C(=O)N1CC2(C[C@H](Oc3ncccc3F)CS2)C1. The van der Waals surface area contributed by atoms with Crippen LogP contribution in [0.15, 0.2) is 18.3 Å². The summed E-state index contributed by atoms with van der Waals surface area (Å²) in [5.41, 5.74) is 0. The van der Waals surface area contributed by atoms with E-state index in [-0.39, 0.29) is 28.6 Å². The van der Waals surface area contributed by atoms with E-state index in [0.29, 0.717) is 0 Å². The second-order valence-corrected chi connectivity index (χ2v) is 7.57. The van der Waals surface area contributed by atoms with E-state index in [9.17, 15) is 9.18 Å². The lowest BCUT2D eigenvalue weighted by atomic mass is 9.92. The minimum atomic E-state index is -0.423. The Hall–Kier alpha value is -1.30.